The second-order valence-corrected chi connectivity index (χ2v) is 4.59. The van der Waals surface area contributed by atoms with Crippen LogP contribution >= 0.6 is 0 Å². The second kappa shape index (κ2) is 5.41. The minimum absolute atomic E-state index is 0.378. The Kier molecular flexibility index (Phi) is 3.45. The molecule has 21 heavy (non-hydrogen) atoms. The fourth-order valence-electron chi connectivity index (χ4n) is 2.34. The summed E-state index contributed by atoms with van der Waals surface area (Å²) in [5.41, 5.74) is 9.01. The average Bonchev–Trinajstić information content (AvgIpc) is 2.97. The lowest BCUT2D eigenvalue weighted by Gasteiger charge is -2.16. The Balaban J connectivity index is 2.11. The first kappa shape index (κ1) is 13.4. The van der Waals surface area contributed by atoms with E-state index in [2.05, 4.69) is 10.1 Å². The average molecular weight is 284 g/mol. The predicted octanol–water partition coefficient (Wildman–Crippen LogP) is 1.79. The summed E-state index contributed by atoms with van der Waals surface area (Å²) < 4.78 is 12.4. The normalized spacial score (nSPS) is 12.3. The molecule has 1 aromatic carbocycles. The molecule has 6 nitrogen and oxygen atoms in total. The largest absolute Gasteiger partial charge is 0.497 e. The van der Waals surface area contributed by atoms with E-state index in [0.29, 0.717) is 5.75 Å². The van der Waals surface area contributed by atoms with Gasteiger partial charge in [0.2, 0.25) is 0 Å². The molecule has 6 heteroatoms. The zero-order valence-electron chi connectivity index (χ0n) is 11.9. The van der Waals surface area contributed by atoms with Crippen LogP contribution in [0.1, 0.15) is 17.2 Å². The lowest BCUT2D eigenvalue weighted by atomic mass is 10.00. The molecule has 108 valence electrons. The topological polar surface area (TPSA) is 74.7 Å². The molecule has 3 aromatic rings. The van der Waals surface area contributed by atoms with Crippen LogP contribution in [-0.4, -0.2) is 28.8 Å². The van der Waals surface area contributed by atoms with Crippen molar-refractivity contribution < 1.29 is 9.47 Å². The molecule has 0 saturated heterocycles. The van der Waals surface area contributed by atoms with Gasteiger partial charge in [-0.3, -0.25) is 4.98 Å². The monoisotopic (exact) mass is 284 g/mol. The van der Waals surface area contributed by atoms with E-state index in [1.165, 1.54) is 0 Å². The maximum absolute atomic E-state index is 6.41. The third-order valence-electron chi connectivity index (χ3n) is 3.46. The lowest BCUT2D eigenvalue weighted by molar-refractivity contribution is 0.397. The molecule has 0 amide bonds. The molecule has 0 bridgehead atoms. The number of fused-ring (bicyclic) bond motifs is 1. The summed E-state index contributed by atoms with van der Waals surface area (Å²) >= 11 is 0. The molecule has 1 unspecified atom stereocenters. The van der Waals surface area contributed by atoms with Crippen LogP contribution in [0, 0.1) is 0 Å². The van der Waals surface area contributed by atoms with Gasteiger partial charge < -0.3 is 15.2 Å². The first-order valence-electron chi connectivity index (χ1n) is 6.49. The Hall–Kier alpha value is -2.60. The minimum atomic E-state index is -0.378. The van der Waals surface area contributed by atoms with Crippen LogP contribution in [0.25, 0.3) is 5.52 Å². The Labute approximate surface area is 122 Å². The molecule has 2 aromatic heterocycles. The SMILES string of the molecule is COc1ccc(OC)c(C(N)c2cnn3ccncc23)c1. The molecule has 0 spiro atoms. The number of aromatic nitrogens is 3. The molecule has 3 rings (SSSR count). The third kappa shape index (κ3) is 2.30. The number of benzene rings is 1. The van der Waals surface area contributed by atoms with Gasteiger partial charge in [0.15, 0.2) is 0 Å². The van der Waals surface area contributed by atoms with Gasteiger partial charge in [0.1, 0.15) is 11.5 Å². The van der Waals surface area contributed by atoms with Gasteiger partial charge in [-0.15, -0.1) is 0 Å². The van der Waals surface area contributed by atoms with Crippen molar-refractivity contribution in [2.75, 3.05) is 14.2 Å². The van der Waals surface area contributed by atoms with Gasteiger partial charge in [-0.2, -0.15) is 5.10 Å². The highest BCUT2D eigenvalue weighted by Crippen LogP contribution is 2.32. The number of hydrogen-bond donors (Lipinski definition) is 1. The number of ether oxygens (including phenoxy) is 2. The Morgan fingerprint density at radius 2 is 2.00 bits per heavy atom. The molecule has 0 saturated carbocycles. The first-order valence-corrected chi connectivity index (χ1v) is 6.49. The van der Waals surface area contributed by atoms with E-state index in [9.17, 15) is 0 Å². The van der Waals surface area contributed by atoms with Crippen LogP contribution in [0.2, 0.25) is 0 Å². The lowest BCUT2D eigenvalue weighted by Crippen LogP contribution is -2.13. The van der Waals surface area contributed by atoms with Crippen molar-refractivity contribution in [3.05, 3.63) is 54.1 Å². The summed E-state index contributed by atoms with van der Waals surface area (Å²) in [7, 11) is 3.24. The number of rotatable bonds is 4. The van der Waals surface area contributed by atoms with Crippen molar-refractivity contribution >= 4 is 5.52 Å². The molecular weight excluding hydrogens is 268 g/mol. The van der Waals surface area contributed by atoms with Gasteiger partial charge in [0.25, 0.3) is 0 Å². The molecule has 0 aliphatic carbocycles. The van der Waals surface area contributed by atoms with Crippen LogP contribution in [0.15, 0.2) is 43.0 Å². The fourth-order valence-corrected chi connectivity index (χ4v) is 2.34. The molecule has 2 N–H and O–H groups in total. The highest BCUT2D eigenvalue weighted by Gasteiger charge is 2.19. The molecular formula is C15H16N4O2. The van der Waals surface area contributed by atoms with E-state index in [-0.39, 0.29) is 6.04 Å². The smallest absolute Gasteiger partial charge is 0.124 e. The van der Waals surface area contributed by atoms with Crippen LogP contribution in [0.4, 0.5) is 0 Å². The van der Waals surface area contributed by atoms with Gasteiger partial charge in [0, 0.05) is 23.5 Å². The summed E-state index contributed by atoms with van der Waals surface area (Å²) in [5, 5.41) is 4.29. The van der Waals surface area contributed by atoms with Crippen LogP contribution in [0.3, 0.4) is 0 Å². The second-order valence-electron chi connectivity index (χ2n) is 4.59. The zero-order valence-corrected chi connectivity index (χ0v) is 11.9. The molecule has 0 fully saturated rings. The van der Waals surface area contributed by atoms with E-state index in [1.807, 2.05) is 18.2 Å². The summed E-state index contributed by atoms with van der Waals surface area (Å²) in [4.78, 5) is 4.13. The van der Waals surface area contributed by atoms with Gasteiger partial charge in [-0.1, -0.05) is 0 Å². The quantitative estimate of drug-likeness (QED) is 0.790. The summed E-state index contributed by atoms with van der Waals surface area (Å²) in [6.07, 6.45) is 6.96. The van der Waals surface area contributed by atoms with Gasteiger partial charge in [-0.05, 0) is 18.2 Å². The highest BCUT2D eigenvalue weighted by atomic mass is 16.5. The molecule has 2 heterocycles. The van der Waals surface area contributed by atoms with Crippen LogP contribution in [0.5, 0.6) is 11.5 Å². The Morgan fingerprint density at radius 1 is 1.14 bits per heavy atom. The van der Waals surface area contributed by atoms with Crippen LogP contribution < -0.4 is 15.2 Å². The molecule has 0 aliphatic heterocycles. The highest BCUT2D eigenvalue weighted by molar-refractivity contribution is 5.57. The summed E-state index contributed by atoms with van der Waals surface area (Å²) in [5.74, 6) is 1.45. The number of nitrogens with zero attached hydrogens (tertiary/aromatic N) is 3. The fraction of sp³-hybridized carbons (Fsp3) is 0.200. The van der Waals surface area contributed by atoms with Crippen molar-refractivity contribution in [3.8, 4) is 11.5 Å². The van der Waals surface area contributed by atoms with Crippen molar-refractivity contribution in [2.24, 2.45) is 5.73 Å². The third-order valence-corrected chi connectivity index (χ3v) is 3.46. The summed E-state index contributed by atoms with van der Waals surface area (Å²) in [6.45, 7) is 0. The Bertz CT molecular complexity index is 769. The first-order chi connectivity index (χ1) is 10.2. The predicted molar refractivity (Wildman–Crippen MR) is 78.6 cm³/mol. The van der Waals surface area contributed by atoms with Gasteiger partial charge in [-0.25, -0.2) is 4.52 Å². The van der Waals surface area contributed by atoms with Crippen molar-refractivity contribution in [2.45, 2.75) is 6.04 Å². The van der Waals surface area contributed by atoms with E-state index in [1.54, 1.807) is 43.5 Å². The van der Waals surface area contributed by atoms with E-state index >= 15 is 0 Å². The number of methoxy groups -OCH3 is 2. The van der Waals surface area contributed by atoms with E-state index in [4.69, 9.17) is 15.2 Å². The molecule has 0 radical (unpaired) electrons. The van der Waals surface area contributed by atoms with E-state index < -0.39 is 0 Å². The van der Waals surface area contributed by atoms with E-state index in [0.717, 1.165) is 22.4 Å². The maximum atomic E-state index is 6.41. The van der Waals surface area contributed by atoms with Crippen molar-refractivity contribution in [1.82, 2.24) is 14.6 Å². The van der Waals surface area contributed by atoms with Crippen molar-refractivity contribution in [3.63, 3.8) is 0 Å². The van der Waals surface area contributed by atoms with Gasteiger partial charge in [0.05, 0.1) is 38.2 Å². The van der Waals surface area contributed by atoms with Crippen molar-refractivity contribution in [1.29, 1.82) is 0 Å². The maximum Gasteiger partial charge on any atom is 0.124 e. The van der Waals surface area contributed by atoms with Crippen LogP contribution in [-0.2, 0) is 0 Å². The molecule has 1 atom stereocenters. The minimum Gasteiger partial charge on any atom is -0.497 e. The molecule has 0 aliphatic rings. The van der Waals surface area contributed by atoms with Gasteiger partial charge >= 0.3 is 0 Å². The standard InChI is InChI=1S/C15H16N4O2/c1-20-10-3-4-14(21-2)11(7-10)15(16)12-8-18-19-6-5-17-9-13(12)19/h3-9,15H,16H2,1-2H3. The summed E-state index contributed by atoms with van der Waals surface area (Å²) in [6, 6.07) is 5.19. The Morgan fingerprint density at radius 3 is 2.76 bits per heavy atom. The number of nitrogens with two attached hydrogens (primary N) is 1. The zero-order chi connectivity index (χ0) is 14.8. The number of hydrogen-bond acceptors (Lipinski definition) is 5.